The molecule has 0 spiro atoms. The molecule has 0 aromatic rings. The van der Waals surface area contributed by atoms with Crippen molar-refractivity contribution in [1.29, 1.82) is 0 Å². The Labute approximate surface area is 48.9 Å². The Kier molecular flexibility index (Phi) is 1.67. The van der Waals surface area contributed by atoms with Crippen LogP contribution in [0.2, 0.25) is 0 Å². The molecule has 0 radical (unpaired) electrons. The maximum absolute atomic E-state index is 5.00. The van der Waals surface area contributed by atoms with Crippen molar-refractivity contribution in [3.63, 3.8) is 0 Å². The van der Waals surface area contributed by atoms with Gasteiger partial charge in [-0.15, -0.1) is 0 Å². The lowest BCUT2D eigenvalue weighted by Crippen LogP contribution is -2.02. The van der Waals surface area contributed by atoms with Crippen LogP contribution >= 0.6 is 0 Å². The first kappa shape index (κ1) is 5.35. The van der Waals surface area contributed by atoms with Gasteiger partial charge in [-0.3, -0.25) is 4.99 Å². The second kappa shape index (κ2) is 2.50. The third-order valence-corrected chi connectivity index (χ3v) is 0.976. The highest BCUT2D eigenvalue weighted by Gasteiger charge is 1.94. The molecular formula is C6H9NO. The molecule has 0 saturated carbocycles. The van der Waals surface area contributed by atoms with Crippen LogP contribution in [0, 0.1) is 0 Å². The van der Waals surface area contributed by atoms with Gasteiger partial charge in [0.2, 0.25) is 0 Å². The van der Waals surface area contributed by atoms with Crippen LogP contribution in [0.5, 0.6) is 0 Å². The standard InChI is InChI=1S/C6H9NO/c1-2-6-7-4-3-5-8-6/h3,5H,2,4H2,1H3. The molecule has 0 amide bonds. The molecule has 0 aromatic carbocycles. The summed E-state index contributed by atoms with van der Waals surface area (Å²) in [5.41, 5.74) is 0. The zero-order chi connectivity index (χ0) is 5.82. The van der Waals surface area contributed by atoms with E-state index in [9.17, 15) is 0 Å². The minimum atomic E-state index is 0.781. The third kappa shape index (κ3) is 1.09. The molecule has 0 fully saturated rings. The topological polar surface area (TPSA) is 21.6 Å². The van der Waals surface area contributed by atoms with Crippen LogP contribution in [-0.2, 0) is 4.74 Å². The summed E-state index contributed by atoms with van der Waals surface area (Å²) in [5.74, 6) is 0.840. The van der Waals surface area contributed by atoms with E-state index in [0.29, 0.717) is 0 Å². The third-order valence-electron chi connectivity index (χ3n) is 0.976. The van der Waals surface area contributed by atoms with Crippen molar-refractivity contribution in [1.82, 2.24) is 0 Å². The fourth-order valence-electron chi connectivity index (χ4n) is 0.557. The number of ether oxygens (including phenoxy) is 1. The van der Waals surface area contributed by atoms with Crippen LogP contribution in [0.25, 0.3) is 0 Å². The number of hydrogen-bond donors (Lipinski definition) is 0. The predicted octanol–water partition coefficient (Wildman–Crippen LogP) is 1.34. The van der Waals surface area contributed by atoms with Crippen molar-refractivity contribution < 1.29 is 4.74 Å². The van der Waals surface area contributed by atoms with Crippen molar-refractivity contribution in [3.05, 3.63) is 12.3 Å². The fraction of sp³-hybridized carbons (Fsp3) is 0.500. The number of hydrogen-bond acceptors (Lipinski definition) is 2. The minimum Gasteiger partial charge on any atom is -0.451 e. The Balaban J connectivity index is 2.43. The monoisotopic (exact) mass is 111 g/mol. The molecular weight excluding hydrogens is 102 g/mol. The van der Waals surface area contributed by atoms with Crippen LogP contribution in [0.1, 0.15) is 13.3 Å². The van der Waals surface area contributed by atoms with E-state index >= 15 is 0 Å². The van der Waals surface area contributed by atoms with Gasteiger partial charge in [-0.1, -0.05) is 6.92 Å². The average Bonchev–Trinajstić information content (AvgIpc) is 1.90. The molecule has 8 heavy (non-hydrogen) atoms. The smallest absolute Gasteiger partial charge is 0.189 e. The molecule has 0 aromatic heterocycles. The van der Waals surface area contributed by atoms with Crippen LogP contribution in [0.15, 0.2) is 17.3 Å². The van der Waals surface area contributed by atoms with Gasteiger partial charge in [-0.05, 0) is 6.08 Å². The second-order valence-electron chi connectivity index (χ2n) is 1.58. The normalized spacial score (nSPS) is 17.4. The zero-order valence-corrected chi connectivity index (χ0v) is 4.92. The predicted molar refractivity (Wildman–Crippen MR) is 32.8 cm³/mol. The van der Waals surface area contributed by atoms with E-state index in [1.54, 1.807) is 6.26 Å². The van der Waals surface area contributed by atoms with Crippen LogP contribution in [-0.4, -0.2) is 12.4 Å². The molecule has 1 heterocycles. The van der Waals surface area contributed by atoms with Gasteiger partial charge in [-0.2, -0.15) is 0 Å². The molecule has 0 unspecified atom stereocenters. The Morgan fingerprint density at radius 3 is 3.12 bits per heavy atom. The van der Waals surface area contributed by atoms with Crippen molar-refractivity contribution in [2.75, 3.05) is 6.54 Å². The fourth-order valence-corrected chi connectivity index (χ4v) is 0.557. The molecule has 1 aliphatic rings. The summed E-state index contributed by atoms with van der Waals surface area (Å²) in [4.78, 5) is 4.06. The maximum atomic E-state index is 5.00. The summed E-state index contributed by atoms with van der Waals surface area (Å²) in [7, 11) is 0. The summed E-state index contributed by atoms with van der Waals surface area (Å²) in [6.45, 7) is 2.81. The van der Waals surface area contributed by atoms with Gasteiger partial charge in [-0.25, -0.2) is 0 Å². The lowest BCUT2D eigenvalue weighted by Gasteiger charge is -2.03. The van der Waals surface area contributed by atoms with Gasteiger partial charge in [0.1, 0.15) is 0 Å². The van der Waals surface area contributed by atoms with Crippen molar-refractivity contribution in [2.45, 2.75) is 13.3 Å². The first-order valence-electron chi connectivity index (χ1n) is 2.78. The Morgan fingerprint density at radius 1 is 1.88 bits per heavy atom. The Morgan fingerprint density at radius 2 is 2.75 bits per heavy atom. The highest BCUT2D eigenvalue weighted by atomic mass is 16.5. The number of nitrogens with zero attached hydrogens (tertiary/aromatic N) is 1. The summed E-state index contributed by atoms with van der Waals surface area (Å²) in [6, 6.07) is 0. The lowest BCUT2D eigenvalue weighted by atomic mass is 10.4. The van der Waals surface area contributed by atoms with Gasteiger partial charge >= 0.3 is 0 Å². The molecule has 0 bridgehead atoms. The van der Waals surface area contributed by atoms with E-state index in [1.165, 1.54) is 0 Å². The summed E-state index contributed by atoms with van der Waals surface area (Å²) in [5, 5.41) is 0. The quantitative estimate of drug-likeness (QED) is 0.500. The van der Waals surface area contributed by atoms with Crippen LogP contribution < -0.4 is 0 Å². The molecule has 1 rings (SSSR count). The summed E-state index contributed by atoms with van der Waals surface area (Å²) in [6.07, 6.45) is 4.47. The average molecular weight is 111 g/mol. The molecule has 0 N–H and O–H groups in total. The van der Waals surface area contributed by atoms with E-state index in [0.717, 1.165) is 18.9 Å². The van der Waals surface area contributed by atoms with Gasteiger partial charge < -0.3 is 4.74 Å². The Hall–Kier alpha value is -0.790. The van der Waals surface area contributed by atoms with Crippen molar-refractivity contribution in [2.24, 2.45) is 4.99 Å². The number of rotatable bonds is 1. The summed E-state index contributed by atoms with van der Waals surface area (Å²) >= 11 is 0. The molecule has 0 saturated heterocycles. The van der Waals surface area contributed by atoms with Crippen molar-refractivity contribution in [3.8, 4) is 0 Å². The van der Waals surface area contributed by atoms with Gasteiger partial charge in [0.25, 0.3) is 0 Å². The molecule has 44 valence electrons. The highest BCUT2D eigenvalue weighted by Crippen LogP contribution is 1.95. The van der Waals surface area contributed by atoms with Gasteiger partial charge in [0.05, 0.1) is 12.8 Å². The van der Waals surface area contributed by atoms with E-state index < -0.39 is 0 Å². The first-order valence-corrected chi connectivity index (χ1v) is 2.78. The molecule has 0 aliphatic carbocycles. The van der Waals surface area contributed by atoms with E-state index in [4.69, 9.17) is 4.74 Å². The first-order chi connectivity index (χ1) is 3.93. The van der Waals surface area contributed by atoms with Gasteiger partial charge in [0, 0.05) is 6.42 Å². The molecule has 1 aliphatic heterocycles. The van der Waals surface area contributed by atoms with Crippen LogP contribution in [0.3, 0.4) is 0 Å². The SMILES string of the molecule is CCC1=NCC=CO1. The van der Waals surface area contributed by atoms with Crippen molar-refractivity contribution >= 4 is 5.90 Å². The molecule has 2 nitrogen and oxygen atoms in total. The zero-order valence-electron chi connectivity index (χ0n) is 4.92. The van der Waals surface area contributed by atoms with E-state index in [1.807, 2.05) is 13.0 Å². The van der Waals surface area contributed by atoms with Gasteiger partial charge in [0.15, 0.2) is 5.90 Å². The summed E-state index contributed by atoms with van der Waals surface area (Å²) < 4.78 is 5.00. The molecule has 0 atom stereocenters. The number of aliphatic imine (C=N–C) groups is 1. The van der Waals surface area contributed by atoms with Crippen LogP contribution in [0.4, 0.5) is 0 Å². The largest absolute Gasteiger partial charge is 0.451 e. The van der Waals surface area contributed by atoms with E-state index in [-0.39, 0.29) is 0 Å². The highest BCUT2D eigenvalue weighted by molar-refractivity contribution is 5.76. The Bertz CT molecular complexity index is 126. The molecule has 2 heteroatoms. The second-order valence-corrected chi connectivity index (χ2v) is 1.58. The maximum Gasteiger partial charge on any atom is 0.189 e. The minimum absolute atomic E-state index is 0.781. The van der Waals surface area contributed by atoms with E-state index in [2.05, 4.69) is 4.99 Å². The lowest BCUT2D eigenvalue weighted by molar-refractivity contribution is 0.447.